The summed E-state index contributed by atoms with van der Waals surface area (Å²) >= 11 is 0. The van der Waals surface area contributed by atoms with Gasteiger partial charge in [0.15, 0.2) is 5.78 Å². The van der Waals surface area contributed by atoms with E-state index in [4.69, 9.17) is 0 Å². The van der Waals surface area contributed by atoms with Crippen LogP contribution in [-0.2, 0) is 0 Å². The van der Waals surface area contributed by atoms with Crippen molar-refractivity contribution >= 4 is 11.5 Å². The first-order valence-electron chi connectivity index (χ1n) is 9.33. The lowest BCUT2D eigenvalue weighted by atomic mass is 9.88. The van der Waals surface area contributed by atoms with Crippen molar-refractivity contribution in [2.75, 3.05) is 0 Å². The van der Waals surface area contributed by atoms with Gasteiger partial charge in [-0.25, -0.2) is 0 Å². The van der Waals surface area contributed by atoms with Crippen molar-refractivity contribution in [2.24, 2.45) is 0 Å². The molecule has 0 aliphatic heterocycles. The Kier molecular flexibility index (Phi) is 5.09. The largest absolute Gasteiger partial charge is 0.507 e. The molecular formula is C25H17NO4. The minimum absolute atomic E-state index is 0.0845. The van der Waals surface area contributed by atoms with E-state index in [0.29, 0.717) is 16.7 Å². The maximum absolute atomic E-state index is 13.3. The third-order valence-corrected chi connectivity index (χ3v) is 4.87. The average molecular weight is 395 g/mol. The zero-order chi connectivity index (χ0) is 21.1. The third kappa shape index (κ3) is 3.44. The number of hydrogen-bond donors (Lipinski definition) is 1. The van der Waals surface area contributed by atoms with Crippen LogP contribution in [0.1, 0.15) is 15.9 Å². The molecular weight excluding hydrogens is 378 g/mol. The number of nitro groups is 1. The fraction of sp³-hybridized carbons (Fsp3) is 0. The summed E-state index contributed by atoms with van der Waals surface area (Å²) in [5, 5.41) is 23.1. The number of phenolic OH excluding ortho intramolecular Hbond substituents is 1. The van der Waals surface area contributed by atoms with Crippen molar-refractivity contribution in [3.05, 3.63) is 118 Å². The lowest BCUT2D eigenvalue weighted by molar-refractivity contribution is -0.383. The normalized spacial score (nSPS) is 10.5. The monoisotopic (exact) mass is 395 g/mol. The summed E-state index contributed by atoms with van der Waals surface area (Å²) in [5.41, 5.74) is 1.46. The van der Waals surface area contributed by atoms with Crippen LogP contribution in [0.2, 0.25) is 0 Å². The first-order chi connectivity index (χ1) is 14.6. The van der Waals surface area contributed by atoms with Crippen molar-refractivity contribution in [1.82, 2.24) is 0 Å². The molecule has 0 aliphatic carbocycles. The van der Waals surface area contributed by atoms with Crippen molar-refractivity contribution < 1.29 is 14.8 Å². The standard InChI is InChI=1S/C25H17NO4/c27-21-16-20(17-10-4-1-5-11-17)24(26(29)30)22(18-12-6-2-7-13-18)23(21)25(28)19-14-8-3-9-15-19/h1-16,27H. The van der Waals surface area contributed by atoms with Gasteiger partial charge in [0.05, 0.1) is 21.6 Å². The molecule has 0 heterocycles. The summed E-state index contributed by atoms with van der Waals surface area (Å²) < 4.78 is 0. The molecule has 5 nitrogen and oxygen atoms in total. The Labute approximate surface area is 173 Å². The summed E-state index contributed by atoms with van der Waals surface area (Å²) in [7, 11) is 0. The second kappa shape index (κ2) is 8.01. The van der Waals surface area contributed by atoms with Crippen LogP contribution in [0, 0.1) is 10.1 Å². The van der Waals surface area contributed by atoms with Crippen LogP contribution in [0.5, 0.6) is 5.75 Å². The number of carbonyl (C=O) groups excluding carboxylic acids is 1. The van der Waals surface area contributed by atoms with Crippen molar-refractivity contribution in [2.45, 2.75) is 0 Å². The molecule has 1 N–H and O–H groups in total. The molecule has 146 valence electrons. The number of aromatic hydroxyl groups is 1. The van der Waals surface area contributed by atoms with E-state index in [9.17, 15) is 20.0 Å². The lowest BCUT2D eigenvalue weighted by Crippen LogP contribution is -2.07. The molecule has 0 saturated carbocycles. The average Bonchev–Trinajstić information content (AvgIpc) is 2.79. The quantitative estimate of drug-likeness (QED) is 0.260. The number of carbonyl (C=O) groups is 1. The van der Waals surface area contributed by atoms with Crippen molar-refractivity contribution in [3.63, 3.8) is 0 Å². The van der Waals surface area contributed by atoms with Gasteiger partial charge in [0.2, 0.25) is 0 Å². The molecule has 0 radical (unpaired) electrons. The summed E-state index contributed by atoms with van der Waals surface area (Å²) in [6.45, 7) is 0. The number of hydrogen-bond acceptors (Lipinski definition) is 4. The van der Waals surface area contributed by atoms with Crippen LogP contribution in [-0.4, -0.2) is 15.8 Å². The summed E-state index contributed by atoms with van der Waals surface area (Å²) in [4.78, 5) is 25.0. The molecule has 0 fully saturated rings. The van der Waals surface area contributed by atoms with Gasteiger partial charge in [-0.1, -0.05) is 91.0 Å². The Morgan fingerprint density at radius 1 is 0.767 bits per heavy atom. The van der Waals surface area contributed by atoms with Crippen molar-refractivity contribution in [1.29, 1.82) is 0 Å². The maximum atomic E-state index is 13.3. The van der Waals surface area contributed by atoms with Gasteiger partial charge in [-0.15, -0.1) is 0 Å². The molecule has 30 heavy (non-hydrogen) atoms. The van der Waals surface area contributed by atoms with Crippen LogP contribution < -0.4 is 0 Å². The van der Waals surface area contributed by atoms with E-state index in [1.165, 1.54) is 6.07 Å². The highest BCUT2D eigenvalue weighted by molar-refractivity contribution is 6.16. The zero-order valence-electron chi connectivity index (χ0n) is 15.9. The second-order valence-corrected chi connectivity index (χ2v) is 6.73. The van der Waals surface area contributed by atoms with Crippen LogP contribution in [0.4, 0.5) is 5.69 Å². The predicted octanol–water partition coefficient (Wildman–Crippen LogP) is 5.87. The smallest absolute Gasteiger partial charge is 0.285 e. The number of nitro benzene ring substituents is 1. The highest BCUT2D eigenvalue weighted by atomic mass is 16.6. The molecule has 0 atom stereocenters. The van der Waals surface area contributed by atoms with Gasteiger partial charge in [-0.3, -0.25) is 14.9 Å². The van der Waals surface area contributed by atoms with E-state index in [0.717, 1.165) is 0 Å². The molecule has 0 aliphatic rings. The molecule has 0 aromatic heterocycles. The Hall–Kier alpha value is -4.25. The second-order valence-electron chi connectivity index (χ2n) is 6.73. The Bertz CT molecular complexity index is 1220. The summed E-state index contributed by atoms with van der Waals surface area (Å²) in [6, 6.07) is 27.2. The Morgan fingerprint density at radius 2 is 1.27 bits per heavy atom. The van der Waals surface area contributed by atoms with Gasteiger partial charge < -0.3 is 5.11 Å². The van der Waals surface area contributed by atoms with E-state index in [-0.39, 0.29) is 28.1 Å². The minimum Gasteiger partial charge on any atom is -0.507 e. The summed E-state index contributed by atoms with van der Waals surface area (Å²) in [5.74, 6) is -0.776. The third-order valence-electron chi connectivity index (χ3n) is 4.87. The zero-order valence-corrected chi connectivity index (χ0v) is 15.9. The maximum Gasteiger partial charge on any atom is 0.285 e. The molecule has 4 aromatic rings. The van der Waals surface area contributed by atoms with Crippen LogP contribution >= 0.6 is 0 Å². The highest BCUT2D eigenvalue weighted by Gasteiger charge is 2.31. The van der Waals surface area contributed by atoms with Gasteiger partial charge in [-0.2, -0.15) is 0 Å². The minimum atomic E-state index is -0.494. The molecule has 5 heteroatoms. The number of nitrogens with zero attached hydrogens (tertiary/aromatic N) is 1. The van der Waals surface area contributed by atoms with Crippen molar-refractivity contribution in [3.8, 4) is 28.0 Å². The van der Waals surface area contributed by atoms with Crippen LogP contribution in [0.3, 0.4) is 0 Å². The molecule has 0 bridgehead atoms. The molecule has 0 unspecified atom stereocenters. The van der Waals surface area contributed by atoms with E-state index in [1.807, 2.05) is 0 Å². The van der Waals surface area contributed by atoms with Gasteiger partial charge >= 0.3 is 0 Å². The van der Waals surface area contributed by atoms with Gasteiger partial charge in [-0.05, 0) is 17.2 Å². The van der Waals surface area contributed by atoms with Gasteiger partial charge in [0, 0.05) is 5.56 Å². The lowest BCUT2D eigenvalue weighted by Gasteiger charge is -2.15. The molecule has 4 rings (SSSR count). The number of benzene rings is 4. The van der Waals surface area contributed by atoms with E-state index in [2.05, 4.69) is 0 Å². The van der Waals surface area contributed by atoms with Crippen LogP contribution in [0.15, 0.2) is 97.1 Å². The number of ketones is 1. The topological polar surface area (TPSA) is 80.4 Å². The van der Waals surface area contributed by atoms with Crippen LogP contribution in [0.25, 0.3) is 22.3 Å². The molecule has 4 aromatic carbocycles. The van der Waals surface area contributed by atoms with Gasteiger partial charge in [0.1, 0.15) is 5.75 Å². The number of phenols is 1. The summed E-state index contributed by atoms with van der Waals surface area (Å²) in [6.07, 6.45) is 0. The van der Waals surface area contributed by atoms with E-state index in [1.54, 1.807) is 91.0 Å². The number of rotatable bonds is 5. The Morgan fingerprint density at radius 3 is 1.80 bits per heavy atom. The Balaban J connectivity index is 2.10. The SMILES string of the molecule is O=C(c1ccccc1)c1c(O)cc(-c2ccccc2)c([N+](=O)[O-])c1-c1ccccc1. The fourth-order valence-electron chi connectivity index (χ4n) is 3.54. The highest BCUT2D eigenvalue weighted by Crippen LogP contribution is 2.45. The molecule has 0 saturated heterocycles. The fourth-order valence-corrected chi connectivity index (χ4v) is 3.54. The molecule has 0 spiro atoms. The van der Waals surface area contributed by atoms with E-state index < -0.39 is 10.7 Å². The predicted molar refractivity (Wildman–Crippen MR) is 116 cm³/mol. The first kappa shape index (κ1) is 19.1. The first-order valence-corrected chi connectivity index (χ1v) is 9.33. The van der Waals surface area contributed by atoms with Gasteiger partial charge in [0.25, 0.3) is 5.69 Å². The van der Waals surface area contributed by atoms with E-state index >= 15 is 0 Å². The molecule has 0 amide bonds.